The number of hydrogen-bond acceptors (Lipinski definition) is 5. The molecule has 22 heavy (non-hydrogen) atoms. The fourth-order valence-electron chi connectivity index (χ4n) is 2.12. The first-order valence-corrected chi connectivity index (χ1v) is 7.40. The molecule has 0 saturated carbocycles. The Morgan fingerprint density at radius 3 is 2.91 bits per heavy atom. The second-order valence-electron chi connectivity index (χ2n) is 4.98. The van der Waals surface area contributed by atoms with Gasteiger partial charge in [0.1, 0.15) is 11.9 Å². The Bertz CT molecular complexity index is 534. The molecule has 1 saturated heterocycles. The fraction of sp³-hybridized carbons (Fsp3) is 0.471. The summed E-state index contributed by atoms with van der Waals surface area (Å²) in [7, 11) is 1.60. The molecule has 1 aliphatic rings. The first-order valence-electron chi connectivity index (χ1n) is 7.40. The van der Waals surface area contributed by atoms with Gasteiger partial charge in [-0.25, -0.2) is 4.79 Å². The van der Waals surface area contributed by atoms with Crippen LogP contribution in [0.4, 0.5) is 0 Å². The van der Waals surface area contributed by atoms with E-state index in [0.29, 0.717) is 19.0 Å². The molecular weight excluding hydrogens is 284 g/mol. The predicted octanol–water partition coefficient (Wildman–Crippen LogP) is 2.75. The van der Waals surface area contributed by atoms with E-state index in [1.165, 1.54) is 6.08 Å². The van der Waals surface area contributed by atoms with Crippen LogP contribution in [0, 0.1) is 0 Å². The Hall–Kier alpha value is -1.85. The van der Waals surface area contributed by atoms with Gasteiger partial charge in [0.15, 0.2) is 0 Å². The molecule has 0 N–H and O–H groups in total. The SMILES string of the molecule is CCOC(=O)/C=C/c1c(OC)cccc1[C@@H](C)OC[C@H]1CO1. The van der Waals surface area contributed by atoms with Crippen molar-refractivity contribution in [2.45, 2.75) is 26.1 Å². The molecule has 0 radical (unpaired) electrons. The van der Waals surface area contributed by atoms with Crippen molar-refractivity contribution < 1.29 is 23.7 Å². The normalized spacial score (nSPS) is 18.2. The van der Waals surface area contributed by atoms with Gasteiger partial charge >= 0.3 is 5.97 Å². The highest BCUT2D eigenvalue weighted by atomic mass is 16.6. The summed E-state index contributed by atoms with van der Waals surface area (Å²) in [6.45, 7) is 5.43. The monoisotopic (exact) mass is 306 g/mol. The van der Waals surface area contributed by atoms with Gasteiger partial charge in [0.05, 0.1) is 33.0 Å². The summed E-state index contributed by atoms with van der Waals surface area (Å²) in [6.07, 6.45) is 3.20. The maximum Gasteiger partial charge on any atom is 0.330 e. The topological polar surface area (TPSA) is 57.3 Å². The molecule has 0 aromatic heterocycles. The molecule has 1 fully saturated rings. The highest BCUT2D eigenvalue weighted by molar-refractivity contribution is 5.88. The summed E-state index contributed by atoms with van der Waals surface area (Å²) in [4.78, 5) is 11.5. The summed E-state index contributed by atoms with van der Waals surface area (Å²) in [5.74, 6) is 0.315. The van der Waals surface area contributed by atoms with Crippen molar-refractivity contribution in [1.29, 1.82) is 0 Å². The second-order valence-corrected chi connectivity index (χ2v) is 4.98. The summed E-state index contributed by atoms with van der Waals surface area (Å²) in [6, 6.07) is 5.72. The van der Waals surface area contributed by atoms with E-state index < -0.39 is 0 Å². The minimum absolute atomic E-state index is 0.124. The summed E-state index contributed by atoms with van der Waals surface area (Å²) in [5, 5.41) is 0. The quantitative estimate of drug-likeness (QED) is 0.420. The van der Waals surface area contributed by atoms with Gasteiger partial charge in [0.2, 0.25) is 0 Å². The van der Waals surface area contributed by atoms with E-state index in [0.717, 1.165) is 17.7 Å². The molecule has 0 spiro atoms. The van der Waals surface area contributed by atoms with E-state index >= 15 is 0 Å². The molecule has 5 heteroatoms. The Kier molecular flexibility index (Phi) is 5.98. The van der Waals surface area contributed by atoms with E-state index in [9.17, 15) is 4.79 Å². The molecule has 0 amide bonds. The van der Waals surface area contributed by atoms with Gasteiger partial charge in [-0.15, -0.1) is 0 Å². The maximum atomic E-state index is 11.5. The number of carbonyl (C=O) groups is 1. The Morgan fingerprint density at radius 2 is 2.27 bits per heavy atom. The highest BCUT2D eigenvalue weighted by Crippen LogP contribution is 2.30. The smallest absolute Gasteiger partial charge is 0.330 e. The van der Waals surface area contributed by atoms with Crippen molar-refractivity contribution in [2.75, 3.05) is 26.9 Å². The molecule has 5 nitrogen and oxygen atoms in total. The molecular formula is C17H22O5. The molecule has 1 aliphatic heterocycles. The van der Waals surface area contributed by atoms with Gasteiger partial charge in [-0.2, -0.15) is 0 Å². The molecule has 120 valence electrons. The third kappa shape index (κ3) is 4.58. The summed E-state index contributed by atoms with van der Waals surface area (Å²) in [5.41, 5.74) is 1.78. The van der Waals surface area contributed by atoms with Crippen LogP contribution in [-0.4, -0.2) is 39.0 Å². The lowest BCUT2D eigenvalue weighted by Gasteiger charge is -2.17. The zero-order valence-electron chi connectivity index (χ0n) is 13.2. The predicted molar refractivity (Wildman–Crippen MR) is 82.8 cm³/mol. The number of carbonyl (C=O) groups excluding carboxylic acids is 1. The third-order valence-electron chi connectivity index (χ3n) is 3.36. The molecule has 0 aliphatic carbocycles. The van der Waals surface area contributed by atoms with Crippen molar-refractivity contribution in [2.24, 2.45) is 0 Å². The van der Waals surface area contributed by atoms with Crippen molar-refractivity contribution in [3.8, 4) is 5.75 Å². The average Bonchev–Trinajstić information content (AvgIpc) is 3.34. The number of hydrogen-bond donors (Lipinski definition) is 0. The summed E-state index contributed by atoms with van der Waals surface area (Å²) < 4.78 is 21.3. The molecule has 1 heterocycles. The first-order chi connectivity index (χ1) is 10.7. The lowest BCUT2D eigenvalue weighted by atomic mass is 10.0. The van der Waals surface area contributed by atoms with Gasteiger partial charge in [0.25, 0.3) is 0 Å². The van der Waals surface area contributed by atoms with Gasteiger partial charge in [-0.05, 0) is 31.6 Å². The van der Waals surface area contributed by atoms with Gasteiger partial charge < -0.3 is 18.9 Å². The second kappa shape index (κ2) is 7.96. The van der Waals surface area contributed by atoms with E-state index in [-0.39, 0.29) is 18.2 Å². The molecule has 1 aromatic carbocycles. The number of benzene rings is 1. The minimum atomic E-state index is -0.376. The standard InChI is InChI=1S/C17H22O5/c1-4-20-17(18)9-8-15-14(6-5-7-16(15)19-3)12(2)21-10-13-11-22-13/h5-9,12-13H,4,10-11H2,1-3H3/b9-8+/t12-,13+/m1/s1. The molecule has 2 rings (SSSR count). The number of rotatable bonds is 8. The Labute approximate surface area is 130 Å². The Balaban J connectivity index is 2.17. The molecule has 1 aromatic rings. The lowest BCUT2D eigenvalue weighted by Crippen LogP contribution is -2.08. The minimum Gasteiger partial charge on any atom is -0.496 e. The van der Waals surface area contributed by atoms with E-state index in [4.69, 9.17) is 18.9 Å². The van der Waals surface area contributed by atoms with Crippen LogP contribution in [0.25, 0.3) is 6.08 Å². The van der Waals surface area contributed by atoms with E-state index in [1.54, 1.807) is 20.1 Å². The van der Waals surface area contributed by atoms with Crippen LogP contribution < -0.4 is 4.74 Å². The number of ether oxygens (including phenoxy) is 4. The lowest BCUT2D eigenvalue weighted by molar-refractivity contribution is -0.137. The van der Waals surface area contributed by atoms with Crippen LogP contribution in [0.15, 0.2) is 24.3 Å². The van der Waals surface area contributed by atoms with E-state index in [2.05, 4.69) is 0 Å². The number of epoxide rings is 1. The van der Waals surface area contributed by atoms with Gasteiger partial charge in [0, 0.05) is 11.6 Å². The highest BCUT2D eigenvalue weighted by Gasteiger charge is 2.24. The van der Waals surface area contributed by atoms with Crippen molar-refractivity contribution in [3.05, 3.63) is 35.4 Å². The largest absolute Gasteiger partial charge is 0.496 e. The van der Waals surface area contributed by atoms with Crippen LogP contribution in [0.3, 0.4) is 0 Å². The fourth-order valence-corrected chi connectivity index (χ4v) is 2.12. The van der Waals surface area contributed by atoms with Crippen LogP contribution >= 0.6 is 0 Å². The van der Waals surface area contributed by atoms with Crippen LogP contribution in [0.5, 0.6) is 5.75 Å². The van der Waals surface area contributed by atoms with E-state index in [1.807, 2.05) is 25.1 Å². The van der Waals surface area contributed by atoms with Crippen molar-refractivity contribution in [1.82, 2.24) is 0 Å². The zero-order chi connectivity index (χ0) is 15.9. The first kappa shape index (κ1) is 16.5. The van der Waals surface area contributed by atoms with Crippen LogP contribution in [0.2, 0.25) is 0 Å². The number of methoxy groups -OCH3 is 1. The number of esters is 1. The van der Waals surface area contributed by atoms with Crippen molar-refractivity contribution in [3.63, 3.8) is 0 Å². The van der Waals surface area contributed by atoms with Gasteiger partial charge in [-0.3, -0.25) is 0 Å². The zero-order valence-corrected chi connectivity index (χ0v) is 13.2. The van der Waals surface area contributed by atoms with Crippen molar-refractivity contribution >= 4 is 12.0 Å². The van der Waals surface area contributed by atoms with Crippen LogP contribution in [-0.2, 0) is 19.0 Å². The molecule has 0 unspecified atom stereocenters. The maximum absolute atomic E-state index is 11.5. The average molecular weight is 306 g/mol. The van der Waals surface area contributed by atoms with Gasteiger partial charge in [-0.1, -0.05) is 12.1 Å². The summed E-state index contributed by atoms with van der Waals surface area (Å²) >= 11 is 0. The molecule has 0 bridgehead atoms. The Morgan fingerprint density at radius 1 is 1.50 bits per heavy atom. The van der Waals surface area contributed by atoms with Crippen LogP contribution in [0.1, 0.15) is 31.1 Å². The third-order valence-corrected chi connectivity index (χ3v) is 3.36. The molecule has 2 atom stereocenters.